The summed E-state index contributed by atoms with van der Waals surface area (Å²) in [6, 6.07) is 18.9. The van der Waals surface area contributed by atoms with Crippen LogP contribution in [0.3, 0.4) is 0 Å². The molecule has 1 saturated heterocycles. The molecule has 0 aliphatic carbocycles. The molecule has 4 rings (SSSR count). The van der Waals surface area contributed by atoms with Gasteiger partial charge in [-0.25, -0.2) is 0 Å². The van der Waals surface area contributed by atoms with Gasteiger partial charge >= 0.3 is 0 Å². The molecule has 0 saturated carbocycles. The van der Waals surface area contributed by atoms with Gasteiger partial charge in [0.1, 0.15) is 12.6 Å². The van der Waals surface area contributed by atoms with Crippen molar-refractivity contribution >= 4 is 17.3 Å². The molecule has 4 heteroatoms. The number of quaternary nitrogens is 1. The lowest BCUT2D eigenvalue weighted by atomic mass is 9.95. The van der Waals surface area contributed by atoms with Crippen LogP contribution in [0.15, 0.2) is 48.5 Å². The summed E-state index contributed by atoms with van der Waals surface area (Å²) in [6.07, 6.45) is 1.03. The summed E-state index contributed by atoms with van der Waals surface area (Å²) in [4.78, 5) is 2.60. The van der Waals surface area contributed by atoms with Crippen LogP contribution in [0, 0.1) is 0 Å². The average molecular weight is 349 g/mol. The largest absolute Gasteiger partial charge is 1.00 e. The Morgan fingerprint density at radius 3 is 2.57 bits per heavy atom. The first-order valence-corrected chi connectivity index (χ1v) is 8.55. The fraction of sp³-hybridized carbons (Fsp3) is 0.368. The fourth-order valence-electron chi connectivity index (χ4n) is 3.94. The van der Waals surface area contributed by atoms with E-state index in [1.807, 2.05) is 0 Å². The fourth-order valence-corrected chi connectivity index (χ4v) is 4.16. The molecule has 1 fully saturated rings. The molecular weight excluding hydrogens is 327 g/mol. The van der Waals surface area contributed by atoms with Gasteiger partial charge in [-0.15, -0.1) is 0 Å². The third-order valence-corrected chi connectivity index (χ3v) is 5.83. The summed E-state index contributed by atoms with van der Waals surface area (Å²) >= 11 is 6.27. The molecule has 0 spiro atoms. The Balaban J connectivity index is 0.00000156. The van der Waals surface area contributed by atoms with Crippen molar-refractivity contribution in [1.82, 2.24) is 0 Å². The minimum atomic E-state index is 0. The predicted octanol–water partition coefficient (Wildman–Crippen LogP) is 0.799. The zero-order valence-electron chi connectivity index (χ0n) is 13.4. The first-order valence-electron chi connectivity index (χ1n) is 8.02. The Morgan fingerprint density at radius 2 is 1.78 bits per heavy atom. The first kappa shape index (κ1) is 16.6. The Bertz CT molecular complexity index is 703. The van der Waals surface area contributed by atoms with E-state index in [2.05, 4.69) is 60.5 Å². The van der Waals surface area contributed by atoms with Gasteiger partial charge in [-0.2, -0.15) is 0 Å². The minimum Gasteiger partial charge on any atom is -1.00 e. The smallest absolute Gasteiger partial charge is 0.154 e. The van der Waals surface area contributed by atoms with E-state index in [4.69, 9.17) is 11.6 Å². The van der Waals surface area contributed by atoms with Gasteiger partial charge < -0.3 is 21.8 Å². The zero-order chi connectivity index (χ0) is 15.2. The van der Waals surface area contributed by atoms with Crippen molar-refractivity contribution in [3.8, 4) is 0 Å². The molecule has 2 atom stereocenters. The summed E-state index contributed by atoms with van der Waals surface area (Å²) in [5, 5.41) is 0. The number of para-hydroxylation sites is 1. The number of benzene rings is 2. The molecule has 0 aromatic heterocycles. The van der Waals surface area contributed by atoms with Crippen molar-refractivity contribution in [2.24, 2.45) is 0 Å². The summed E-state index contributed by atoms with van der Waals surface area (Å²) in [5.41, 5.74) is 5.79. The van der Waals surface area contributed by atoms with Crippen LogP contribution < -0.4 is 17.3 Å². The quantitative estimate of drug-likeness (QED) is 0.418. The van der Waals surface area contributed by atoms with E-state index in [1.54, 1.807) is 0 Å². The second-order valence-corrected chi connectivity index (χ2v) is 7.10. The number of halogens is 2. The number of hydrogen-bond donors (Lipinski definition) is 0. The highest BCUT2D eigenvalue weighted by Gasteiger charge is 2.39. The SMILES string of the molecule is C[N+]1(CCl)CCN2c3ccccc3Cc3ccccc3C2C1.[Cl-]. The highest BCUT2D eigenvalue weighted by Crippen LogP contribution is 2.40. The van der Waals surface area contributed by atoms with Crippen LogP contribution in [0.5, 0.6) is 0 Å². The van der Waals surface area contributed by atoms with Crippen LogP contribution in [0.2, 0.25) is 0 Å². The van der Waals surface area contributed by atoms with Crippen LogP contribution in [-0.2, 0) is 6.42 Å². The molecule has 122 valence electrons. The lowest BCUT2D eigenvalue weighted by molar-refractivity contribution is -0.902. The van der Waals surface area contributed by atoms with E-state index in [0.29, 0.717) is 12.0 Å². The van der Waals surface area contributed by atoms with Crippen molar-refractivity contribution in [3.05, 3.63) is 65.2 Å². The topological polar surface area (TPSA) is 3.24 Å². The van der Waals surface area contributed by atoms with Crippen LogP contribution in [0.1, 0.15) is 22.7 Å². The van der Waals surface area contributed by atoms with E-state index < -0.39 is 0 Å². The molecule has 0 radical (unpaired) electrons. The minimum absolute atomic E-state index is 0. The number of hydrogen-bond acceptors (Lipinski definition) is 1. The molecule has 2 nitrogen and oxygen atoms in total. The van der Waals surface area contributed by atoms with E-state index in [1.165, 1.54) is 22.4 Å². The van der Waals surface area contributed by atoms with Crippen molar-refractivity contribution in [2.75, 3.05) is 37.6 Å². The number of likely N-dealkylation sites (N-methyl/N-ethyl adjacent to an activating group) is 1. The van der Waals surface area contributed by atoms with Crippen LogP contribution in [0.25, 0.3) is 0 Å². The third-order valence-electron chi connectivity index (χ3n) is 5.26. The van der Waals surface area contributed by atoms with Gasteiger partial charge in [0.25, 0.3) is 0 Å². The molecule has 0 bridgehead atoms. The molecule has 2 aliphatic heterocycles. The third kappa shape index (κ3) is 2.84. The van der Waals surface area contributed by atoms with Gasteiger partial charge in [-0.3, -0.25) is 0 Å². The predicted molar refractivity (Wildman–Crippen MR) is 92.4 cm³/mol. The second kappa shape index (κ2) is 6.35. The Labute approximate surface area is 149 Å². The Hall–Kier alpha value is -1.22. The Kier molecular flexibility index (Phi) is 4.59. The normalized spacial score (nSPS) is 25.5. The molecule has 0 N–H and O–H groups in total. The number of nitrogens with zero attached hydrogens (tertiary/aromatic N) is 2. The summed E-state index contributed by atoms with van der Waals surface area (Å²) in [7, 11) is 2.28. The molecule has 23 heavy (non-hydrogen) atoms. The van der Waals surface area contributed by atoms with Gasteiger partial charge in [-0.05, 0) is 29.2 Å². The molecule has 2 aromatic carbocycles. The number of alkyl halides is 1. The lowest BCUT2D eigenvalue weighted by Crippen LogP contribution is -3.00. The van der Waals surface area contributed by atoms with Crippen molar-refractivity contribution in [3.63, 3.8) is 0 Å². The van der Waals surface area contributed by atoms with E-state index in [9.17, 15) is 0 Å². The molecule has 2 aliphatic rings. The monoisotopic (exact) mass is 348 g/mol. The van der Waals surface area contributed by atoms with Gasteiger partial charge in [0.05, 0.1) is 20.1 Å². The first-order chi connectivity index (χ1) is 10.7. The van der Waals surface area contributed by atoms with E-state index >= 15 is 0 Å². The van der Waals surface area contributed by atoms with Gasteiger partial charge in [0, 0.05) is 5.69 Å². The standard InChI is InChI=1S/C19H22ClN2.ClH/c1-22(14-20)11-10-21-18-9-5-3-7-16(18)12-15-6-2-4-8-17(15)19(21)13-22;/h2-9,19H,10-14H2,1H3;1H/q+1;/p-1. The van der Waals surface area contributed by atoms with Crippen LogP contribution in [-0.4, -0.2) is 37.2 Å². The highest BCUT2D eigenvalue weighted by molar-refractivity contribution is 6.17. The van der Waals surface area contributed by atoms with E-state index in [0.717, 1.165) is 30.5 Å². The maximum Gasteiger partial charge on any atom is 0.154 e. The van der Waals surface area contributed by atoms with Gasteiger partial charge in [0.2, 0.25) is 0 Å². The summed E-state index contributed by atoms with van der Waals surface area (Å²) < 4.78 is 0.944. The number of anilines is 1. The Morgan fingerprint density at radius 1 is 1.09 bits per heavy atom. The summed E-state index contributed by atoms with van der Waals surface area (Å²) in [6.45, 7) is 3.25. The van der Waals surface area contributed by atoms with Crippen molar-refractivity contribution in [2.45, 2.75) is 12.5 Å². The molecular formula is C19H22Cl2N2. The van der Waals surface area contributed by atoms with Gasteiger partial charge in [-0.1, -0.05) is 54.1 Å². The van der Waals surface area contributed by atoms with Crippen LogP contribution >= 0.6 is 11.6 Å². The highest BCUT2D eigenvalue weighted by atomic mass is 35.5. The zero-order valence-corrected chi connectivity index (χ0v) is 14.9. The number of fused-ring (bicyclic) bond motifs is 5. The number of piperazine rings is 1. The second-order valence-electron chi connectivity index (χ2n) is 6.86. The maximum absolute atomic E-state index is 6.27. The molecule has 0 amide bonds. The van der Waals surface area contributed by atoms with Crippen molar-refractivity contribution < 1.29 is 16.9 Å². The lowest BCUT2D eigenvalue weighted by Gasteiger charge is -2.46. The van der Waals surface area contributed by atoms with Crippen molar-refractivity contribution in [1.29, 1.82) is 0 Å². The molecule has 2 aromatic rings. The van der Waals surface area contributed by atoms with Crippen LogP contribution in [0.4, 0.5) is 5.69 Å². The molecule has 2 unspecified atom stereocenters. The molecule has 2 heterocycles. The summed E-state index contributed by atoms with van der Waals surface area (Å²) in [5.74, 6) is 0. The van der Waals surface area contributed by atoms with E-state index in [-0.39, 0.29) is 12.4 Å². The maximum atomic E-state index is 6.27. The van der Waals surface area contributed by atoms with Gasteiger partial charge in [0.15, 0.2) is 6.00 Å². The number of rotatable bonds is 1. The average Bonchev–Trinajstić information content (AvgIpc) is 2.69.